The molecule has 0 aromatic heterocycles. The molecule has 2 aliphatic carbocycles. The normalized spacial score (nSPS) is 14.8. The Hall–Kier alpha value is -8.98. The van der Waals surface area contributed by atoms with Crippen molar-refractivity contribution in [2.45, 2.75) is 76.0 Å². The van der Waals surface area contributed by atoms with Gasteiger partial charge in [0, 0.05) is 17.1 Å². The molecule has 390 valence electrons. The van der Waals surface area contributed by atoms with Crippen LogP contribution < -0.4 is 9.64 Å². The molecule has 0 saturated carbocycles. The number of unbranched alkanes of at least 4 members (excludes halogenated alkanes) is 3. The molecule has 0 amide bonds. The van der Waals surface area contributed by atoms with Gasteiger partial charge in [-0.25, -0.2) is 0 Å². The van der Waals surface area contributed by atoms with Gasteiger partial charge in [-0.1, -0.05) is 252 Å². The maximum Gasteiger partial charge on any atom is 0.127 e. The summed E-state index contributed by atoms with van der Waals surface area (Å²) in [4.78, 5) is 2.50. The second kappa shape index (κ2) is 21.7. The van der Waals surface area contributed by atoms with E-state index in [1.165, 1.54) is 115 Å². The second-order valence-corrected chi connectivity index (χ2v) is 22.0. The molecule has 11 aromatic carbocycles. The summed E-state index contributed by atoms with van der Waals surface area (Å²) in [7, 11) is 0. The van der Waals surface area contributed by atoms with E-state index in [2.05, 4.69) is 299 Å². The lowest BCUT2D eigenvalue weighted by Gasteiger charge is -2.36. The van der Waals surface area contributed by atoms with Crippen molar-refractivity contribution in [1.82, 2.24) is 0 Å². The van der Waals surface area contributed by atoms with Crippen LogP contribution in [0, 0.1) is 0 Å². The minimum Gasteiger partial charge on any atom is -0.457 e. The number of hydrogen-bond acceptors (Lipinski definition) is 2. The smallest absolute Gasteiger partial charge is 0.127 e. The zero-order chi connectivity index (χ0) is 54.0. The molecule has 0 radical (unpaired) electrons. The van der Waals surface area contributed by atoms with Gasteiger partial charge in [0.25, 0.3) is 0 Å². The first-order valence-electron chi connectivity index (χ1n) is 29.0. The van der Waals surface area contributed by atoms with Crippen molar-refractivity contribution >= 4 is 17.1 Å². The predicted octanol–water partition coefficient (Wildman–Crippen LogP) is 21.0. The van der Waals surface area contributed by atoms with E-state index in [1.807, 2.05) is 0 Å². The van der Waals surface area contributed by atoms with E-state index in [9.17, 15) is 0 Å². The zero-order valence-electron chi connectivity index (χ0n) is 46.2. The summed E-state index contributed by atoms with van der Waals surface area (Å²) in [6.07, 6.45) is 7.14. The minimum absolute atomic E-state index is 0.504. The molecule has 2 heteroatoms. The van der Waals surface area contributed by atoms with Gasteiger partial charge in [-0.3, -0.25) is 0 Å². The van der Waals surface area contributed by atoms with Gasteiger partial charge < -0.3 is 9.64 Å². The van der Waals surface area contributed by atoms with Crippen LogP contribution in [0.4, 0.5) is 17.1 Å². The predicted molar refractivity (Wildman–Crippen MR) is 334 cm³/mol. The topological polar surface area (TPSA) is 12.5 Å². The number of fused-ring (bicyclic) bond motifs is 6. The van der Waals surface area contributed by atoms with E-state index in [0.29, 0.717) is 5.92 Å². The van der Waals surface area contributed by atoms with Gasteiger partial charge in [0.1, 0.15) is 11.5 Å². The average Bonchev–Trinajstić information content (AvgIpc) is 4.16. The first kappa shape index (κ1) is 50.5. The van der Waals surface area contributed by atoms with Crippen LogP contribution in [0.5, 0.6) is 11.5 Å². The fourth-order valence-electron chi connectivity index (χ4n) is 13.3. The van der Waals surface area contributed by atoms with E-state index in [-0.39, 0.29) is 0 Å². The summed E-state index contributed by atoms with van der Waals surface area (Å²) >= 11 is 0. The molecular formula is C78H67NO. The van der Waals surface area contributed by atoms with Crippen molar-refractivity contribution in [2.24, 2.45) is 0 Å². The maximum absolute atomic E-state index is 6.61. The zero-order valence-corrected chi connectivity index (χ0v) is 46.2. The highest BCUT2D eigenvalue weighted by molar-refractivity contribution is 5.92. The molecule has 0 heterocycles. The van der Waals surface area contributed by atoms with Crippen LogP contribution >= 0.6 is 0 Å². The minimum atomic E-state index is -0.655. The highest BCUT2D eigenvalue weighted by Gasteiger charge is 2.48. The summed E-state index contributed by atoms with van der Waals surface area (Å²) < 4.78 is 6.61. The molecular weight excluding hydrogens is 967 g/mol. The van der Waals surface area contributed by atoms with E-state index in [4.69, 9.17) is 4.74 Å². The van der Waals surface area contributed by atoms with Gasteiger partial charge in [0.2, 0.25) is 0 Å². The maximum atomic E-state index is 6.61. The van der Waals surface area contributed by atoms with Crippen molar-refractivity contribution in [3.8, 4) is 44.9 Å². The van der Waals surface area contributed by atoms with Crippen LogP contribution in [-0.4, -0.2) is 0 Å². The fourth-order valence-corrected chi connectivity index (χ4v) is 13.3. The Kier molecular flexibility index (Phi) is 13.7. The Bertz CT molecular complexity index is 3880. The SMILES string of the molecule is CCCCCCc1ccc(C2(c3ccc(Oc4ccc(C(C)CC)cc4)cc3)c3ccccc3-c3ccc(N(c4ccc(-c5ccccc5)cc4)c4ccc5c(c4)C(c4ccccc4)(c4ccccc4)c4ccccc4-5)cc32)cc1. The van der Waals surface area contributed by atoms with Crippen LogP contribution in [0.25, 0.3) is 33.4 Å². The Labute approximate surface area is 473 Å². The van der Waals surface area contributed by atoms with Crippen LogP contribution in [-0.2, 0) is 17.3 Å². The van der Waals surface area contributed by atoms with Crippen LogP contribution in [0.2, 0.25) is 0 Å². The standard InChI is InChI=1S/C78H67NO/c1-4-6-7-11-22-56-33-39-62(40-34-56)78(63-41-49-68(50-42-63)80-67-47-37-57(38-48-67)55(3)5-2)74-32-21-19-30-70(74)72-52-46-66(54-76(72)78)79(64-43-35-59(36-44-64)58-23-12-8-13-24-58)65-45-51-71-69-29-18-20-31-73(69)77(75(71)53-65,60-25-14-9-15-26-60)61-27-16-10-17-28-61/h8-10,12-21,23-55H,4-7,11,22H2,1-3H3. The summed E-state index contributed by atoms with van der Waals surface area (Å²) in [5.74, 6) is 2.16. The van der Waals surface area contributed by atoms with Crippen molar-refractivity contribution in [3.05, 3.63) is 329 Å². The Morgan fingerprint density at radius 1 is 0.362 bits per heavy atom. The third kappa shape index (κ3) is 8.75. The van der Waals surface area contributed by atoms with Crippen LogP contribution in [0.3, 0.4) is 0 Å². The Balaban J connectivity index is 1.01. The lowest BCUT2D eigenvalue weighted by atomic mass is 9.67. The van der Waals surface area contributed by atoms with Gasteiger partial charge >= 0.3 is 0 Å². The molecule has 0 aliphatic heterocycles. The molecule has 2 atom stereocenters. The summed E-state index contributed by atoms with van der Waals surface area (Å²) in [6, 6.07) is 102. The third-order valence-corrected chi connectivity index (χ3v) is 17.5. The van der Waals surface area contributed by atoms with Crippen molar-refractivity contribution in [2.75, 3.05) is 4.90 Å². The molecule has 0 fully saturated rings. The molecule has 0 saturated heterocycles. The average molecular weight is 1030 g/mol. The fraction of sp³-hybridized carbons (Fsp3) is 0.154. The lowest BCUT2D eigenvalue weighted by molar-refractivity contribution is 0.481. The molecule has 11 aromatic rings. The van der Waals surface area contributed by atoms with Gasteiger partial charge in [0.05, 0.1) is 10.8 Å². The van der Waals surface area contributed by atoms with Crippen molar-refractivity contribution in [1.29, 1.82) is 0 Å². The molecule has 80 heavy (non-hydrogen) atoms. The van der Waals surface area contributed by atoms with Gasteiger partial charge in [0.15, 0.2) is 0 Å². The summed E-state index contributed by atoms with van der Waals surface area (Å²) in [5.41, 5.74) is 22.2. The number of ether oxygens (including phenoxy) is 1. The molecule has 0 bridgehead atoms. The van der Waals surface area contributed by atoms with Gasteiger partial charge in [-0.15, -0.1) is 0 Å². The van der Waals surface area contributed by atoms with Crippen LogP contribution in [0.15, 0.2) is 273 Å². The molecule has 2 unspecified atom stereocenters. The largest absolute Gasteiger partial charge is 0.457 e. The van der Waals surface area contributed by atoms with Crippen molar-refractivity contribution < 1.29 is 4.74 Å². The first-order chi connectivity index (χ1) is 39.5. The summed E-state index contributed by atoms with van der Waals surface area (Å²) in [5, 5.41) is 0. The highest BCUT2D eigenvalue weighted by atomic mass is 16.5. The van der Waals surface area contributed by atoms with Gasteiger partial charge in [-0.05, 0) is 175 Å². The number of anilines is 3. The molecule has 2 aliphatic rings. The van der Waals surface area contributed by atoms with E-state index in [0.717, 1.165) is 41.4 Å². The number of benzene rings is 11. The van der Waals surface area contributed by atoms with Gasteiger partial charge in [-0.2, -0.15) is 0 Å². The highest BCUT2D eigenvalue weighted by Crippen LogP contribution is 2.60. The quantitative estimate of drug-likeness (QED) is 0.0843. The second-order valence-electron chi connectivity index (χ2n) is 22.0. The molecule has 0 spiro atoms. The lowest BCUT2D eigenvalue weighted by Crippen LogP contribution is -2.29. The van der Waals surface area contributed by atoms with E-state index in [1.54, 1.807) is 0 Å². The number of rotatable bonds is 17. The van der Waals surface area contributed by atoms with E-state index < -0.39 is 10.8 Å². The number of hydrogen-bond donors (Lipinski definition) is 0. The molecule has 2 nitrogen and oxygen atoms in total. The Morgan fingerprint density at radius 3 is 1.30 bits per heavy atom. The first-order valence-corrected chi connectivity index (χ1v) is 29.0. The summed E-state index contributed by atoms with van der Waals surface area (Å²) in [6.45, 7) is 6.81. The van der Waals surface area contributed by atoms with Crippen molar-refractivity contribution in [3.63, 3.8) is 0 Å². The molecule has 0 N–H and O–H groups in total. The third-order valence-electron chi connectivity index (χ3n) is 17.5. The number of aryl methyl sites for hydroxylation is 1. The molecule has 13 rings (SSSR count). The van der Waals surface area contributed by atoms with Crippen LogP contribution in [0.1, 0.15) is 114 Å². The monoisotopic (exact) mass is 1030 g/mol. The Morgan fingerprint density at radius 2 is 0.787 bits per heavy atom. The van der Waals surface area contributed by atoms with E-state index >= 15 is 0 Å². The number of nitrogens with zero attached hydrogens (tertiary/aromatic N) is 1.